The Morgan fingerprint density at radius 1 is 1.09 bits per heavy atom. The molecule has 3 rings (SSSR count). The van der Waals surface area contributed by atoms with Crippen molar-refractivity contribution in [2.24, 2.45) is 0 Å². The second-order valence-electron chi connectivity index (χ2n) is 5.07. The number of nitrogens with zero attached hydrogens (tertiary/aromatic N) is 2. The van der Waals surface area contributed by atoms with Crippen molar-refractivity contribution in [1.29, 1.82) is 0 Å². The summed E-state index contributed by atoms with van der Waals surface area (Å²) in [6, 6.07) is 15.0. The molecule has 3 aromatic rings. The van der Waals surface area contributed by atoms with Gasteiger partial charge in [0.15, 0.2) is 0 Å². The molecule has 0 atom stereocenters. The minimum atomic E-state index is -3.52. The first kappa shape index (κ1) is 14.6. The van der Waals surface area contributed by atoms with E-state index in [0.29, 0.717) is 5.69 Å². The van der Waals surface area contributed by atoms with E-state index >= 15 is 0 Å². The summed E-state index contributed by atoms with van der Waals surface area (Å²) in [6.45, 7) is 0. The Hall–Kier alpha value is -2.38. The summed E-state index contributed by atoms with van der Waals surface area (Å²) < 4.78 is 27.3. The number of aromatic amines is 1. The second-order valence-corrected chi connectivity index (χ2v) is 6.96. The molecule has 1 aromatic heterocycles. The summed E-state index contributed by atoms with van der Waals surface area (Å²) in [5.41, 5.74) is 3.03. The minimum absolute atomic E-state index is 0.490. The molecule has 0 bridgehead atoms. The number of H-pyrrole nitrogens is 1. The van der Waals surface area contributed by atoms with E-state index in [4.69, 9.17) is 0 Å². The first-order valence-corrected chi connectivity index (χ1v) is 8.15. The summed E-state index contributed by atoms with van der Waals surface area (Å²) in [6.07, 6.45) is 0. The predicted molar refractivity (Wildman–Crippen MR) is 87.8 cm³/mol. The average Bonchev–Trinajstić information content (AvgIpc) is 2.91. The van der Waals surface area contributed by atoms with Gasteiger partial charge in [0.1, 0.15) is 5.82 Å². The monoisotopic (exact) mass is 316 g/mol. The van der Waals surface area contributed by atoms with Crippen molar-refractivity contribution in [3.05, 3.63) is 48.5 Å². The normalized spacial score (nSPS) is 12.0. The third kappa shape index (κ3) is 2.81. The molecular formula is C15H16N4O2S. The molecule has 0 unspecified atom stereocenters. The van der Waals surface area contributed by atoms with Crippen LogP contribution in [0.4, 0.5) is 5.69 Å². The third-order valence-corrected chi connectivity index (χ3v) is 4.71. The number of fused-ring (bicyclic) bond motifs is 1. The molecule has 0 radical (unpaired) electrons. The van der Waals surface area contributed by atoms with Crippen molar-refractivity contribution >= 4 is 26.9 Å². The molecule has 7 heteroatoms. The first-order chi connectivity index (χ1) is 10.5. The van der Waals surface area contributed by atoms with E-state index in [-0.39, 0.29) is 0 Å². The highest BCUT2D eigenvalue weighted by Gasteiger charge is 2.13. The number of imidazole rings is 1. The van der Waals surface area contributed by atoms with Crippen LogP contribution in [0.3, 0.4) is 0 Å². The van der Waals surface area contributed by atoms with Crippen LogP contribution in [0.5, 0.6) is 0 Å². The topological polar surface area (TPSA) is 78.1 Å². The van der Waals surface area contributed by atoms with Crippen molar-refractivity contribution in [3.63, 3.8) is 0 Å². The zero-order valence-electron chi connectivity index (χ0n) is 12.2. The van der Waals surface area contributed by atoms with E-state index < -0.39 is 10.2 Å². The van der Waals surface area contributed by atoms with E-state index in [1.807, 2.05) is 30.3 Å². The molecule has 2 N–H and O–H groups in total. The van der Waals surface area contributed by atoms with Gasteiger partial charge in [0, 0.05) is 19.7 Å². The van der Waals surface area contributed by atoms with E-state index in [1.165, 1.54) is 14.1 Å². The van der Waals surface area contributed by atoms with Crippen LogP contribution in [-0.4, -0.2) is 36.8 Å². The van der Waals surface area contributed by atoms with Gasteiger partial charge in [-0.05, 0) is 18.2 Å². The Bertz CT molecular complexity index is 902. The van der Waals surface area contributed by atoms with Gasteiger partial charge in [-0.15, -0.1) is 0 Å². The molecule has 0 aliphatic heterocycles. The largest absolute Gasteiger partial charge is 0.338 e. The van der Waals surface area contributed by atoms with Gasteiger partial charge in [-0.25, -0.2) is 4.98 Å². The Morgan fingerprint density at radius 3 is 2.50 bits per heavy atom. The van der Waals surface area contributed by atoms with Gasteiger partial charge in [0.25, 0.3) is 0 Å². The lowest BCUT2D eigenvalue weighted by atomic mass is 10.2. The van der Waals surface area contributed by atoms with Gasteiger partial charge < -0.3 is 4.98 Å². The molecule has 22 heavy (non-hydrogen) atoms. The molecule has 6 nitrogen and oxygen atoms in total. The smallest absolute Gasteiger partial charge is 0.301 e. The number of rotatable bonds is 4. The Balaban J connectivity index is 1.98. The van der Waals surface area contributed by atoms with Crippen molar-refractivity contribution in [3.8, 4) is 11.4 Å². The van der Waals surface area contributed by atoms with Crippen LogP contribution in [0.1, 0.15) is 0 Å². The van der Waals surface area contributed by atoms with E-state index in [9.17, 15) is 8.42 Å². The van der Waals surface area contributed by atoms with Gasteiger partial charge in [0.2, 0.25) is 0 Å². The van der Waals surface area contributed by atoms with E-state index in [1.54, 1.807) is 18.2 Å². The lowest BCUT2D eigenvalue weighted by molar-refractivity contribution is 0.527. The molecule has 0 saturated carbocycles. The van der Waals surface area contributed by atoms with Crippen molar-refractivity contribution in [1.82, 2.24) is 14.3 Å². The molecule has 0 aliphatic rings. The van der Waals surface area contributed by atoms with Crippen LogP contribution in [-0.2, 0) is 10.2 Å². The molecule has 2 aromatic carbocycles. The quantitative estimate of drug-likeness (QED) is 0.776. The molecule has 1 heterocycles. The fourth-order valence-electron chi connectivity index (χ4n) is 2.05. The fraction of sp³-hybridized carbons (Fsp3) is 0.133. The van der Waals surface area contributed by atoms with Gasteiger partial charge >= 0.3 is 10.2 Å². The van der Waals surface area contributed by atoms with E-state index in [2.05, 4.69) is 14.7 Å². The number of nitrogens with one attached hydrogen (secondary N) is 2. The van der Waals surface area contributed by atoms with Crippen LogP contribution in [0.15, 0.2) is 48.5 Å². The van der Waals surface area contributed by atoms with Gasteiger partial charge in [-0.2, -0.15) is 12.7 Å². The SMILES string of the molecule is CN(C)S(=O)(=O)Nc1ccc2nc(-c3ccccc3)[nH]c2c1. The predicted octanol–water partition coefficient (Wildman–Crippen LogP) is 2.45. The molecule has 114 valence electrons. The number of benzene rings is 2. The number of anilines is 1. The first-order valence-electron chi connectivity index (χ1n) is 6.71. The van der Waals surface area contributed by atoms with Gasteiger partial charge in [-0.1, -0.05) is 30.3 Å². The zero-order chi connectivity index (χ0) is 15.7. The van der Waals surface area contributed by atoms with Crippen LogP contribution >= 0.6 is 0 Å². The van der Waals surface area contributed by atoms with Crippen molar-refractivity contribution in [2.75, 3.05) is 18.8 Å². The summed E-state index contributed by atoms with van der Waals surface area (Å²) in [7, 11) is -0.563. The number of hydrogen-bond acceptors (Lipinski definition) is 3. The zero-order valence-corrected chi connectivity index (χ0v) is 13.1. The minimum Gasteiger partial charge on any atom is -0.338 e. The summed E-state index contributed by atoms with van der Waals surface area (Å²) in [4.78, 5) is 7.72. The van der Waals surface area contributed by atoms with Gasteiger partial charge in [0.05, 0.1) is 16.7 Å². The van der Waals surface area contributed by atoms with Crippen LogP contribution in [0, 0.1) is 0 Å². The fourth-order valence-corrected chi connectivity index (χ4v) is 2.65. The summed E-state index contributed by atoms with van der Waals surface area (Å²) >= 11 is 0. The summed E-state index contributed by atoms with van der Waals surface area (Å²) in [5.74, 6) is 0.753. The summed E-state index contributed by atoms with van der Waals surface area (Å²) in [5, 5.41) is 0. The maximum Gasteiger partial charge on any atom is 0.301 e. The maximum atomic E-state index is 11.9. The average molecular weight is 316 g/mol. The molecule has 0 amide bonds. The highest BCUT2D eigenvalue weighted by Crippen LogP contribution is 2.23. The van der Waals surface area contributed by atoms with Crippen molar-refractivity contribution in [2.45, 2.75) is 0 Å². The molecule has 0 aliphatic carbocycles. The van der Waals surface area contributed by atoms with Crippen LogP contribution in [0.2, 0.25) is 0 Å². The highest BCUT2D eigenvalue weighted by molar-refractivity contribution is 7.90. The van der Waals surface area contributed by atoms with E-state index in [0.717, 1.165) is 26.7 Å². The molecular weight excluding hydrogens is 300 g/mol. The van der Waals surface area contributed by atoms with Crippen LogP contribution in [0.25, 0.3) is 22.4 Å². The lowest BCUT2D eigenvalue weighted by Crippen LogP contribution is -2.28. The molecule has 0 saturated heterocycles. The molecule has 0 spiro atoms. The second kappa shape index (κ2) is 5.43. The number of hydrogen-bond donors (Lipinski definition) is 2. The number of aromatic nitrogens is 2. The Morgan fingerprint density at radius 2 is 1.82 bits per heavy atom. The highest BCUT2D eigenvalue weighted by atomic mass is 32.2. The Kier molecular flexibility index (Phi) is 3.59. The van der Waals surface area contributed by atoms with Crippen LogP contribution < -0.4 is 4.72 Å². The molecule has 0 fully saturated rings. The van der Waals surface area contributed by atoms with Crippen molar-refractivity contribution < 1.29 is 8.42 Å². The van der Waals surface area contributed by atoms with Gasteiger partial charge in [-0.3, -0.25) is 4.72 Å². The standard InChI is InChI=1S/C15H16N4O2S/c1-19(2)22(20,21)18-12-8-9-13-14(10-12)17-15(16-13)11-6-4-3-5-7-11/h3-10,18H,1-2H3,(H,16,17). The maximum absolute atomic E-state index is 11.9. The lowest BCUT2D eigenvalue weighted by Gasteiger charge is -2.13. The third-order valence-electron chi connectivity index (χ3n) is 3.26. The Labute approximate surface area is 129 Å².